The molecule has 8 heteroatoms. The first-order chi connectivity index (χ1) is 5.08. The molecule has 1 heterocycles. The van der Waals surface area contributed by atoms with Gasteiger partial charge in [-0.2, -0.15) is 6.20 Å². The zero-order valence-corrected chi connectivity index (χ0v) is 10.4. The molecule has 6 nitrogen and oxygen atoms in total. The second kappa shape index (κ2) is 5.64. The quantitative estimate of drug-likeness (QED) is 0.315. The van der Waals surface area contributed by atoms with Crippen molar-refractivity contribution in [3.8, 4) is 0 Å². The Kier molecular flexibility index (Phi) is 6.09. The fraction of sp³-hybridized carbons (Fsp3) is 0.250. The Labute approximate surface area is 112 Å². The van der Waals surface area contributed by atoms with Crippen LogP contribution in [-0.4, -0.2) is 19.6 Å². The van der Waals surface area contributed by atoms with Crippen LogP contribution in [0.15, 0.2) is 12.4 Å². The van der Waals surface area contributed by atoms with Gasteiger partial charge in [0.2, 0.25) is 0 Å². The van der Waals surface area contributed by atoms with Gasteiger partial charge < -0.3 is 15.9 Å². The molecule has 0 aliphatic heterocycles. The minimum absolute atomic E-state index is 0. The Balaban J connectivity index is 0.00000121. The Morgan fingerprint density at radius 3 is 2.75 bits per heavy atom. The first kappa shape index (κ1) is 13.0. The molecule has 1 aromatic heterocycles. The maximum absolute atomic E-state index is 10.1. The third-order valence-electron chi connectivity index (χ3n) is 0.862. The van der Waals surface area contributed by atoms with Gasteiger partial charge in [-0.1, -0.05) is 0 Å². The van der Waals surface area contributed by atoms with E-state index in [1.807, 2.05) is 0 Å². The Morgan fingerprint density at radius 1 is 1.67 bits per heavy atom. The molecule has 0 aromatic carbocycles. The van der Waals surface area contributed by atoms with Gasteiger partial charge in [-0.25, -0.2) is 9.66 Å². The Bertz CT molecular complexity index is 258. The van der Waals surface area contributed by atoms with E-state index in [0.717, 1.165) is 0 Å². The van der Waals surface area contributed by atoms with Crippen LogP contribution < -0.4 is 51.4 Å². The van der Waals surface area contributed by atoms with E-state index in [1.54, 1.807) is 0 Å². The van der Waals surface area contributed by atoms with E-state index in [4.69, 9.17) is 9.79 Å². The van der Waals surface area contributed by atoms with Gasteiger partial charge in [0.15, 0.2) is 0 Å². The summed E-state index contributed by atoms with van der Waals surface area (Å²) >= 11 is 0. The van der Waals surface area contributed by atoms with Gasteiger partial charge in [0, 0.05) is 0 Å². The van der Waals surface area contributed by atoms with Gasteiger partial charge in [0.25, 0.3) is 0 Å². The van der Waals surface area contributed by atoms with Crippen LogP contribution in [0.2, 0.25) is 0 Å². The van der Waals surface area contributed by atoms with Crippen molar-refractivity contribution < 1.29 is 70.3 Å². The summed E-state index contributed by atoms with van der Waals surface area (Å²) in [5, 5.41) is 3.61. The number of hydrogen-bond donors (Lipinski definition) is 2. The largest absolute Gasteiger partial charge is 1.00 e. The predicted molar refractivity (Wildman–Crippen MR) is 34.2 cm³/mol. The van der Waals surface area contributed by atoms with Gasteiger partial charge in [0.1, 0.15) is 6.73 Å². The van der Waals surface area contributed by atoms with Crippen LogP contribution in [0.25, 0.3) is 0 Å². The Hall–Kier alpha value is 0.956. The van der Waals surface area contributed by atoms with Crippen LogP contribution in [0.1, 0.15) is 0 Å². The predicted octanol–water partition coefficient (Wildman–Crippen LogP) is -3.25. The Morgan fingerprint density at radius 2 is 2.33 bits per heavy atom. The molecule has 62 valence electrons. The standard InChI is InChI=1S/C4H6N2O4P.K/c7-11(8,9)10-4-6-3-1-2-5-6;/h2-3H,4H2,(H2,7,8,9);/q-1;+1. The molecule has 0 atom stereocenters. The third-order valence-corrected chi connectivity index (χ3v) is 1.31. The number of nitrogens with zero attached hydrogens (tertiary/aromatic N) is 2. The maximum atomic E-state index is 10.1. The van der Waals surface area contributed by atoms with E-state index in [1.165, 1.54) is 17.1 Å². The van der Waals surface area contributed by atoms with Crippen molar-refractivity contribution in [1.82, 2.24) is 9.78 Å². The molecule has 2 N–H and O–H groups in total. The zero-order chi connectivity index (χ0) is 8.32. The van der Waals surface area contributed by atoms with E-state index in [0.29, 0.717) is 0 Å². The molecular weight excluding hydrogens is 210 g/mol. The van der Waals surface area contributed by atoms with Gasteiger partial charge in [-0.3, -0.25) is 9.21 Å². The molecule has 0 aliphatic carbocycles. The van der Waals surface area contributed by atoms with Gasteiger partial charge >= 0.3 is 59.2 Å². The summed E-state index contributed by atoms with van der Waals surface area (Å²) in [6, 6.07) is 2.58. The summed E-state index contributed by atoms with van der Waals surface area (Å²) in [7, 11) is -4.38. The molecule has 1 rings (SSSR count). The summed E-state index contributed by atoms with van der Waals surface area (Å²) < 4.78 is 15.5. The van der Waals surface area contributed by atoms with Crippen LogP contribution in [0.3, 0.4) is 0 Å². The molecule has 0 saturated carbocycles. The summed E-state index contributed by atoms with van der Waals surface area (Å²) in [5.74, 6) is 0. The van der Waals surface area contributed by atoms with Crippen molar-refractivity contribution in [2.45, 2.75) is 6.73 Å². The average molecular weight is 216 g/mol. The fourth-order valence-electron chi connectivity index (χ4n) is 0.465. The summed E-state index contributed by atoms with van der Waals surface area (Å²) in [6.45, 7) is -0.270. The fourth-order valence-corrected chi connectivity index (χ4v) is 0.734. The molecule has 0 aliphatic rings. The SMILES string of the molecule is O=P(O)(O)OCn1c[c-]cn1.[K+]. The molecule has 0 fully saturated rings. The molecule has 12 heavy (non-hydrogen) atoms. The first-order valence-corrected chi connectivity index (χ1v) is 4.19. The molecule has 0 spiro atoms. The summed E-state index contributed by atoms with van der Waals surface area (Å²) in [6.07, 6.45) is 2.78. The van der Waals surface area contributed by atoms with Crippen LogP contribution in [0, 0.1) is 6.07 Å². The summed E-state index contributed by atoms with van der Waals surface area (Å²) in [5.41, 5.74) is 0. The van der Waals surface area contributed by atoms with E-state index in [-0.39, 0.29) is 58.1 Å². The second-order valence-corrected chi connectivity index (χ2v) is 2.97. The topological polar surface area (TPSA) is 84.6 Å². The van der Waals surface area contributed by atoms with Crippen molar-refractivity contribution in [3.05, 3.63) is 18.5 Å². The smallest absolute Gasteiger partial charge is 0.432 e. The monoisotopic (exact) mass is 216 g/mol. The minimum atomic E-state index is -4.38. The number of aromatic nitrogens is 2. The van der Waals surface area contributed by atoms with Gasteiger partial charge in [-0.15, -0.1) is 6.20 Å². The first-order valence-electron chi connectivity index (χ1n) is 2.66. The molecule has 0 amide bonds. The number of phosphoric ester groups is 1. The van der Waals surface area contributed by atoms with E-state index < -0.39 is 7.82 Å². The zero-order valence-electron chi connectivity index (χ0n) is 6.41. The van der Waals surface area contributed by atoms with Crippen LogP contribution >= 0.6 is 7.82 Å². The van der Waals surface area contributed by atoms with Crippen molar-refractivity contribution in [1.29, 1.82) is 0 Å². The van der Waals surface area contributed by atoms with Crippen LogP contribution in [0.5, 0.6) is 0 Å². The number of hydrogen-bond acceptors (Lipinski definition) is 3. The molecule has 0 bridgehead atoms. The number of phosphoric acid groups is 1. The molecule has 1 aromatic rings. The molecular formula is C4H6KN2O4P. The van der Waals surface area contributed by atoms with Crippen molar-refractivity contribution in [3.63, 3.8) is 0 Å². The van der Waals surface area contributed by atoms with Crippen molar-refractivity contribution >= 4 is 7.82 Å². The average Bonchev–Trinajstić information content (AvgIpc) is 2.32. The van der Waals surface area contributed by atoms with Crippen molar-refractivity contribution in [2.24, 2.45) is 0 Å². The van der Waals surface area contributed by atoms with Gasteiger partial charge in [0.05, 0.1) is 0 Å². The van der Waals surface area contributed by atoms with Crippen molar-refractivity contribution in [2.75, 3.05) is 0 Å². The normalized spacial score (nSPS) is 10.8. The third kappa shape index (κ3) is 5.58. The summed E-state index contributed by atoms with van der Waals surface area (Å²) in [4.78, 5) is 16.5. The number of rotatable bonds is 3. The van der Waals surface area contributed by atoms with Crippen LogP contribution in [0.4, 0.5) is 0 Å². The second-order valence-electron chi connectivity index (χ2n) is 1.73. The van der Waals surface area contributed by atoms with E-state index in [2.05, 4.69) is 15.7 Å². The maximum Gasteiger partial charge on any atom is 1.00 e. The molecule has 0 unspecified atom stereocenters. The molecule has 0 radical (unpaired) electrons. The van der Waals surface area contributed by atoms with Crippen LogP contribution in [-0.2, 0) is 15.8 Å². The van der Waals surface area contributed by atoms with E-state index in [9.17, 15) is 4.57 Å². The van der Waals surface area contributed by atoms with E-state index >= 15 is 0 Å². The van der Waals surface area contributed by atoms with Gasteiger partial charge in [-0.05, 0) is 0 Å². The minimum Gasteiger partial charge on any atom is -0.432 e. The molecule has 0 saturated heterocycles.